The van der Waals surface area contributed by atoms with Gasteiger partial charge in [0.15, 0.2) is 0 Å². The summed E-state index contributed by atoms with van der Waals surface area (Å²) in [6, 6.07) is 17.9. The van der Waals surface area contributed by atoms with Crippen LogP contribution in [0.1, 0.15) is 10.4 Å². The van der Waals surface area contributed by atoms with E-state index in [4.69, 9.17) is 0 Å². The predicted molar refractivity (Wildman–Crippen MR) is 109 cm³/mol. The topological polar surface area (TPSA) is 76.7 Å². The molecule has 0 fully saturated rings. The molecule has 0 aliphatic rings. The van der Waals surface area contributed by atoms with Crippen LogP contribution in [-0.4, -0.2) is 25.5 Å². The standard InChI is InChI=1S/C22H17F3N2O4/c1-30-20(28)15-8-6-14(7-9-15)18-4-2-3-5-19(18)27-21(29)26-16-10-12-17(13-11-16)31-22(23,24)25/h2-13H,1H3,(H2,26,27,29). The van der Waals surface area contributed by atoms with Crippen molar-refractivity contribution in [2.45, 2.75) is 6.36 Å². The number of nitrogens with one attached hydrogen (secondary N) is 2. The quantitative estimate of drug-likeness (QED) is 0.511. The number of halogens is 3. The number of hydrogen-bond acceptors (Lipinski definition) is 4. The summed E-state index contributed by atoms with van der Waals surface area (Å²) in [5, 5.41) is 5.25. The summed E-state index contributed by atoms with van der Waals surface area (Å²) in [5.74, 6) is -0.844. The smallest absolute Gasteiger partial charge is 0.465 e. The lowest BCUT2D eigenvalue weighted by atomic mass is 10.0. The average molecular weight is 430 g/mol. The number of esters is 1. The van der Waals surface area contributed by atoms with Crippen molar-refractivity contribution in [1.29, 1.82) is 0 Å². The van der Waals surface area contributed by atoms with Gasteiger partial charge in [0, 0.05) is 11.3 Å². The number of para-hydroxylation sites is 1. The first kappa shape index (κ1) is 21.7. The van der Waals surface area contributed by atoms with Gasteiger partial charge >= 0.3 is 18.4 Å². The third-order valence-electron chi connectivity index (χ3n) is 4.14. The summed E-state index contributed by atoms with van der Waals surface area (Å²) in [4.78, 5) is 24.0. The van der Waals surface area contributed by atoms with Gasteiger partial charge < -0.3 is 20.1 Å². The van der Waals surface area contributed by atoms with Gasteiger partial charge in [0.2, 0.25) is 0 Å². The summed E-state index contributed by atoms with van der Waals surface area (Å²) in [7, 11) is 1.30. The zero-order valence-corrected chi connectivity index (χ0v) is 16.2. The van der Waals surface area contributed by atoms with E-state index in [0.29, 0.717) is 16.8 Å². The molecule has 31 heavy (non-hydrogen) atoms. The summed E-state index contributed by atoms with van der Waals surface area (Å²) < 4.78 is 45.2. The molecule has 0 aliphatic carbocycles. The second-order valence-electron chi connectivity index (χ2n) is 6.27. The number of amides is 2. The molecule has 3 rings (SSSR count). The number of rotatable bonds is 5. The number of benzene rings is 3. The number of carbonyl (C=O) groups excluding carboxylic acids is 2. The fourth-order valence-corrected chi connectivity index (χ4v) is 2.77. The van der Waals surface area contributed by atoms with Crippen LogP contribution in [0.25, 0.3) is 11.1 Å². The van der Waals surface area contributed by atoms with Gasteiger partial charge in [-0.15, -0.1) is 13.2 Å². The first-order valence-corrected chi connectivity index (χ1v) is 8.97. The monoisotopic (exact) mass is 430 g/mol. The molecule has 6 nitrogen and oxygen atoms in total. The second-order valence-corrected chi connectivity index (χ2v) is 6.27. The Labute approximate surface area is 175 Å². The first-order chi connectivity index (χ1) is 14.7. The highest BCUT2D eigenvalue weighted by Gasteiger charge is 2.30. The highest BCUT2D eigenvalue weighted by Crippen LogP contribution is 2.29. The van der Waals surface area contributed by atoms with E-state index in [0.717, 1.165) is 17.7 Å². The molecule has 0 bridgehead atoms. The van der Waals surface area contributed by atoms with E-state index in [9.17, 15) is 22.8 Å². The van der Waals surface area contributed by atoms with Crippen molar-refractivity contribution in [3.63, 3.8) is 0 Å². The normalized spacial score (nSPS) is 10.8. The Balaban J connectivity index is 1.70. The molecule has 0 unspecified atom stereocenters. The Morgan fingerprint density at radius 1 is 0.839 bits per heavy atom. The molecule has 3 aromatic carbocycles. The van der Waals surface area contributed by atoms with Crippen LogP contribution in [0.4, 0.5) is 29.3 Å². The Kier molecular flexibility index (Phi) is 6.44. The fourth-order valence-electron chi connectivity index (χ4n) is 2.77. The number of urea groups is 1. The fraction of sp³-hybridized carbons (Fsp3) is 0.0909. The number of alkyl halides is 3. The highest BCUT2D eigenvalue weighted by molar-refractivity contribution is 6.02. The zero-order valence-electron chi connectivity index (χ0n) is 16.2. The van der Waals surface area contributed by atoms with Crippen molar-refractivity contribution in [1.82, 2.24) is 0 Å². The van der Waals surface area contributed by atoms with Gasteiger partial charge in [-0.05, 0) is 48.0 Å². The number of anilines is 2. The largest absolute Gasteiger partial charge is 0.573 e. The van der Waals surface area contributed by atoms with E-state index < -0.39 is 18.4 Å². The molecule has 0 saturated carbocycles. The second kappa shape index (κ2) is 9.21. The van der Waals surface area contributed by atoms with Crippen molar-refractivity contribution in [2.24, 2.45) is 0 Å². The molecule has 0 heterocycles. The Morgan fingerprint density at radius 2 is 1.48 bits per heavy atom. The zero-order chi connectivity index (χ0) is 22.4. The highest BCUT2D eigenvalue weighted by atomic mass is 19.4. The van der Waals surface area contributed by atoms with Crippen molar-refractivity contribution < 1.29 is 32.2 Å². The van der Waals surface area contributed by atoms with Crippen LogP contribution in [0.2, 0.25) is 0 Å². The SMILES string of the molecule is COC(=O)c1ccc(-c2ccccc2NC(=O)Nc2ccc(OC(F)(F)F)cc2)cc1. The van der Waals surface area contributed by atoms with Gasteiger partial charge in [-0.2, -0.15) is 0 Å². The average Bonchev–Trinajstić information content (AvgIpc) is 2.74. The van der Waals surface area contributed by atoms with Gasteiger partial charge in [0.1, 0.15) is 5.75 Å². The summed E-state index contributed by atoms with van der Waals surface area (Å²) in [5.41, 5.74) is 2.65. The van der Waals surface area contributed by atoms with Crippen LogP contribution in [0.5, 0.6) is 5.75 Å². The predicted octanol–water partition coefficient (Wildman–Crippen LogP) is 5.68. The lowest BCUT2D eigenvalue weighted by molar-refractivity contribution is -0.274. The van der Waals surface area contributed by atoms with Gasteiger partial charge in [0.05, 0.1) is 18.4 Å². The third kappa shape index (κ3) is 5.99. The van der Waals surface area contributed by atoms with Crippen LogP contribution in [-0.2, 0) is 4.74 Å². The van der Waals surface area contributed by atoms with Crippen LogP contribution in [0.15, 0.2) is 72.8 Å². The molecule has 0 atom stereocenters. The van der Waals surface area contributed by atoms with E-state index in [-0.39, 0.29) is 11.4 Å². The lowest BCUT2D eigenvalue weighted by Crippen LogP contribution is -2.20. The summed E-state index contributed by atoms with van der Waals surface area (Å²) in [6.07, 6.45) is -4.79. The number of methoxy groups -OCH3 is 1. The molecule has 0 aliphatic heterocycles. The van der Waals surface area contributed by atoms with E-state index >= 15 is 0 Å². The molecule has 3 aromatic rings. The van der Waals surface area contributed by atoms with Gasteiger partial charge in [0.25, 0.3) is 0 Å². The molecule has 2 amide bonds. The molecule has 0 spiro atoms. The minimum absolute atomic E-state index is 0.284. The third-order valence-corrected chi connectivity index (χ3v) is 4.14. The molecular weight excluding hydrogens is 413 g/mol. The number of ether oxygens (including phenoxy) is 2. The van der Waals surface area contributed by atoms with Gasteiger partial charge in [-0.3, -0.25) is 0 Å². The van der Waals surface area contributed by atoms with Crippen molar-refractivity contribution in [2.75, 3.05) is 17.7 Å². The molecular formula is C22H17F3N2O4. The minimum Gasteiger partial charge on any atom is -0.465 e. The van der Waals surface area contributed by atoms with Crippen LogP contribution in [0, 0.1) is 0 Å². The van der Waals surface area contributed by atoms with E-state index in [1.54, 1.807) is 48.5 Å². The molecule has 2 N–H and O–H groups in total. The Morgan fingerprint density at radius 3 is 2.10 bits per heavy atom. The van der Waals surface area contributed by atoms with Crippen molar-refractivity contribution in [3.05, 3.63) is 78.4 Å². The van der Waals surface area contributed by atoms with Gasteiger partial charge in [-0.25, -0.2) is 9.59 Å². The van der Waals surface area contributed by atoms with Gasteiger partial charge in [-0.1, -0.05) is 30.3 Å². The molecule has 0 aromatic heterocycles. The molecule has 160 valence electrons. The summed E-state index contributed by atoms with van der Waals surface area (Å²) in [6.45, 7) is 0. The van der Waals surface area contributed by atoms with Crippen molar-refractivity contribution >= 4 is 23.4 Å². The molecule has 0 radical (unpaired) electrons. The van der Waals surface area contributed by atoms with E-state index in [2.05, 4.69) is 20.1 Å². The van der Waals surface area contributed by atoms with Crippen LogP contribution >= 0.6 is 0 Å². The first-order valence-electron chi connectivity index (χ1n) is 8.97. The maximum Gasteiger partial charge on any atom is 0.573 e. The minimum atomic E-state index is -4.79. The number of hydrogen-bond donors (Lipinski definition) is 2. The van der Waals surface area contributed by atoms with Crippen molar-refractivity contribution in [3.8, 4) is 16.9 Å². The van der Waals surface area contributed by atoms with Crippen LogP contribution < -0.4 is 15.4 Å². The molecule has 9 heteroatoms. The maximum atomic E-state index is 12.4. The Bertz CT molecular complexity index is 1070. The maximum absolute atomic E-state index is 12.4. The van der Waals surface area contributed by atoms with E-state index in [1.807, 2.05) is 0 Å². The van der Waals surface area contributed by atoms with Crippen LogP contribution in [0.3, 0.4) is 0 Å². The summed E-state index contributed by atoms with van der Waals surface area (Å²) >= 11 is 0. The number of carbonyl (C=O) groups is 2. The lowest BCUT2D eigenvalue weighted by Gasteiger charge is -2.13. The van der Waals surface area contributed by atoms with E-state index in [1.165, 1.54) is 19.2 Å². The Hall–Kier alpha value is -4.01. The molecule has 0 saturated heterocycles.